The van der Waals surface area contributed by atoms with Gasteiger partial charge in [-0.1, -0.05) is 6.92 Å². The maximum atomic E-state index is 12.0. The van der Waals surface area contributed by atoms with Crippen LogP contribution in [0.25, 0.3) is 10.2 Å². The van der Waals surface area contributed by atoms with E-state index < -0.39 is 10.0 Å². The van der Waals surface area contributed by atoms with Crippen LogP contribution in [0.3, 0.4) is 0 Å². The Balaban J connectivity index is 1.55. The molecule has 1 aliphatic heterocycles. The fourth-order valence-corrected chi connectivity index (χ4v) is 6.80. The van der Waals surface area contributed by atoms with Crippen LogP contribution in [0, 0.1) is 6.92 Å². The van der Waals surface area contributed by atoms with E-state index in [1.54, 1.807) is 0 Å². The summed E-state index contributed by atoms with van der Waals surface area (Å²) in [7, 11) is -3.15. The van der Waals surface area contributed by atoms with Crippen molar-refractivity contribution in [3.05, 3.63) is 16.3 Å². The van der Waals surface area contributed by atoms with Gasteiger partial charge in [0.2, 0.25) is 10.0 Å². The third kappa shape index (κ3) is 3.46. The molecule has 0 unspecified atom stereocenters. The van der Waals surface area contributed by atoms with Gasteiger partial charge in [0.25, 0.3) is 0 Å². The number of thiophene rings is 1. The first-order valence-corrected chi connectivity index (χ1v) is 12.0. The molecule has 0 amide bonds. The molecule has 2 aromatic rings. The normalized spacial score (nSPS) is 18.6. The van der Waals surface area contributed by atoms with Crippen molar-refractivity contribution < 1.29 is 8.42 Å². The summed E-state index contributed by atoms with van der Waals surface area (Å²) < 4.78 is 26.9. The number of aryl methyl sites for hydroxylation is 3. The van der Waals surface area contributed by atoms with Crippen molar-refractivity contribution in [2.45, 2.75) is 58.4 Å². The lowest BCUT2D eigenvalue weighted by Gasteiger charge is -2.33. The molecule has 0 spiro atoms. The lowest BCUT2D eigenvalue weighted by Crippen LogP contribution is -2.45. The van der Waals surface area contributed by atoms with Crippen molar-refractivity contribution in [3.8, 4) is 0 Å². The molecule has 0 atom stereocenters. The summed E-state index contributed by atoms with van der Waals surface area (Å²) in [5.41, 5.74) is 1.45. The molecule has 2 aliphatic rings. The summed E-state index contributed by atoms with van der Waals surface area (Å²) in [5.74, 6) is 2.08. The van der Waals surface area contributed by atoms with Gasteiger partial charge < -0.3 is 4.90 Å². The molecule has 4 rings (SSSR count). The Labute approximate surface area is 159 Å². The average molecular weight is 395 g/mol. The van der Waals surface area contributed by atoms with Gasteiger partial charge in [-0.2, -0.15) is 0 Å². The van der Waals surface area contributed by atoms with Crippen LogP contribution in [0.15, 0.2) is 0 Å². The first-order chi connectivity index (χ1) is 12.5. The number of fused-ring (bicyclic) bond motifs is 3. The Bertz CT molecular complexity index is 915. The SMILES string of the molecule is CCCS(=O)(=O)NC1CCN(c2nc(C)nc3sc4c(c23)CCC4)CC1. The maximum absolute atomic E-state index is 12.0. The van der Waals surface area contributed by atoms with Gasteiger partial charge >= 0.3 is 0 Å². The number of nitrogens with one attached hydrogen (secondary N) is 1. The van der Waals surface area contributed by atoms with Gasteiger partial charge in [-0.25, -0.2) is 23.1 Å². The Morgan fingerprint density at radius 2 is 2.00 bits per heavy atom. The summed E-state index contributed by atoms with van der Waals surface area (Å²) in [5, 5.41) is 1.25. The molecular formula is C18H26N4O2S2. The lowest BCUT2D eigenvalue weighted by molar-refractivity contribution is 0.458. The Hall–Kier alpha value is -1.25. The predicted octanol–water partition coefficient (Wildman–Crippen LogP) is 2.79. The van der Waals surface area contributed by atoms with Crippen molar-refractivity contribution in [2.24, 2.45) is 0 Å². The maximum Gasteiger partial charge on any atom is 0.211 e. The van der Waals surface area contributed by atoms with Crippen molar-refractivity contribution in [3.63, 3.8) is 0 Å². The second-order valence-corrected chi connectivity index (χ2v) is 10.3. The molecule has 0 saturated carbocycles. The summed E-state index contributed by atoms with van der Waals surface area (Å²) in [6.45, 7) is 5.51. The van der Waals surface area contributed by atoms with E-state index >= 15 is 0 Å². The zero-order valence-corrected chi connectivity index (χ0v) is 17.0. The van der Waals surface area contributed by atoms with Crippen LogP contribution in [0.1, 0.15) is 48.9 Å². The number of rotatable bonds is 5. The van der Waals surface area contributed by atoms with Crippen molar-refractivity contribution in [1.82, 2.24) is 14.7 Å². The van der Waals surface area contributed by atoms with Crippen molar-refractivity contribution >= 4 is 37.4 Å². The standard InChI is InChI=1S/C18H26N4O2S2/c1-3-11-26(23,24)21-13-7-9-22(10-8-13)17-16-14-5-4-6-15(14)25-18(16)20-12(2)19-17/h13,21H,3-11H2,1-2H3. The fraction of sp³-hybridized carbons (Fsp3) is 0.667. The highest BCUT2D eigenvalue weighted by Crippen LogP contribution is 2.41. The molecule has 142 valence electrons. The Kier molecular flexibility index (Phi) is 4.92. The second-order valence-electron chi connectivity index (χ2n) is 7.33. The van der Waals surface area contributed by atoms with Crippen molar-refractivity contribution in [1.29, 1.82) is 0 Å². The molecule has 8 heteroatoms. The number of piperidine rings is 1. The van der Waals surface area contributed by atoms with Crippen molar-refractivity contribution in [2.75, 3.05) is 23.7 Å². The van der Waals surface area contributed by atoms with Gasteiger partial charge in [0, 0.05) is 24.0 Å². The Morgan fingerprint density at radius 3 is 2.73 bits per heavy atom. The molecule has 6 nitrogen and oxygen atoms in total. The fourth-order valence-electron chi connectivity index (χ4n) is 4.10. The van der Waals surface area contributed by atoms with Crippen LogP contribution < -0.4 is 9.62 Å². The first-order valence-electron chi connectivity index (χ1n) is 9.50. The van der Waals surface area contributed by atoms with E-state index in [2.05, 4.69) is 14.6 Å². The van der Waals surface area contributed by atoms with Gasteiger partial charge in [0.05, 0.1) is 11.1 Å². The molecule has 3 heterocycles. The van der Waals surface area contributed by atoms with Gasteiger partial charge in [0.1, 0.15) is 16.5 Å². The topological polar surface area (TPSA) is 75.2 Å². The van der Waals surface area contributed by atoms with Crippen LogP contribution in [0.5, 0.6) is 0 Å². The molecule has 1 saturated heterocycles. The average Bonchev–Trinajstić information content (AvgIpc) is 3.14. The van der Waals surface area contributed by atoms with Gasteiger partial charge in [-0.3, -0.25) is 0 Å². The first kappa shape index (κ1) is 18.1. The second kappa shape index (κ2) is 7.05. The largest absolute Gasteiger partial charge is 0.356 e. The summed E-state index contributed by atoms with van der Waals surface area (Å²) in [4.78, 5) is 14.4. The molecule has 1 N–H and O–H groups in total. The molecular weight excluding hydrogens is 368 g/mol. The van der Waals surface area contributed by atoms with Crippen LogP contribution in [0.4, 0.5) is 5.82 Å². The molecule has 26 heavy (non-hydrogen) atoms. The third-order valence-corrected chi connectivity index (χ3v) is 8.09. The highest BCUT2D eigenvalue weighted by atomic mass is 32.2. The summed E-state index contributed by atoms with van der Waals surface area (Å²) in [6, 6.07) is 0.0365. The van der Waals surface area contributed by atoms with E-state index in [0.29, 0.717) is 6.42 Å². The highest BCUT2D eigenvalue weighted by Gasteiger charge is 2.28. The third-order valence-electron chi connectivity index (χ3n) is 5.27. The quantitative estimate of drug-likeness (QED) is 0.844. The Morgan fingerprint density at radius 1 is 1.23 bits per heavy atom. The number of aromatic nitrogens is 2. The summed E-state index contributed by atoms with van der Waals surface area (Å²) >= 11 is 1.82. The number of hydrogen-bond donors (Lipinski definition) is 1. The molecule has 0 radical (unpaired) electrons. The lowest BCUT2D eigenvalue weighted by atomic mass is 10.1. The van der Waals surface area contributed by atoms with E-state index in [1.807, 2.05) is 25.2 Å². The number of hydrogen-bond acceptors (Lipinski definition) is 6. The number of sulfonamides is 1. The highest BCUT2D eigenvalue weighted by molar-refractivity contribution is 7.89. The molecule has 2 aromatic heterocycles. The summed E-state index contributed by atoms with van der Waals surface area (Å²) in [6.07, 6.45) is 5.80. The minimum atomic E-state index is -3.15. The number of nitrogens with zero attached hydrogens (tertiary/aromatic N) is 3. The van der Waals surface area contributed by atoms with Crippen LogP contribution >= 0.6 is 11.3 Å². The van der Waals surface area contributed by atoms with E-state index in [-0.39, 0.29) is 11.8 Å². The van der Waals surface area contributed by atoms with Gasteiger partial charge in [-0.15, -0.1) is 11.3 Å². The van der Waals surface area contributed by atoms with E-state index in [0.717, 1.165) is 55.2 Å². The minimum absolute atomic E-state index is 0.0365. The van der Waals surface area contributed by atoms with Gasteiger partial charge in [-0.05, 0) is 51.0 Å². The zero-order valence-electron chi connectivity index (χ0n) is 15.4. The van der Waals surface area contributed by atoms with E-state index in [1.165, 1.54) is 22.2 Å². The van der Waals surface area contributed by atoms with E-state index in [4.69, 9.17) is 4.98 Å². The molecule has 1 aliphatic carbocycles. The molecule has 0 bridgehead atoms. The molecule has 0 aromatic carbocycles. The van der Waals surface area contributed by atoms with E-state index in [9.17, 15) is 8.42 Å². The van der Waals surface area contributed by atoms with Crippen LogP contribution in [-0.2, 0) is 22.9 Å². The monoisotopic (exact) mass is 394 g/mol. The van der Waals surface area contributed by atoms with Gasteiger partial charge in [0.15, 0.2) is 0 Å². The minimum Gasteiger partial charge on any atom is -0.356 e. The smallest absolute Gasteiger partial charge is 0.211 e. The van der Waals surface area contributed by atoms with Crippen LogP contribution in [0.2, 0.25) is 0 Å². The number of anilines is 1. The predicted molar refractivity (Wildman–Crippen MR) is 107 cm³/mol. The zero-order chi connectivity index (χ0) is 18.3. The molecule has 1 fully saturated rings. The van der Waals surface area contributed by atoms with Crippen LogP contribution in [-0.4, -0.2) is 43.3 Å².